The highest BCUT2D eigenvalue weighted by Gasteiger charge is 2.37. The zero-order valence-electron chi connectivity index (χ0n) is 16.7. The monoisotopic (exact) mass is 408 g/mol. The number of rotatable bonds is 7. The summed E-state index contributed by atoms with van der Waals surface area (Å²) in [5.74, 6) is 1.83. The van der Waals surface area contributed by atoms with Gasteiger partial charge in [-0.1, -0.05) is 6.92 Å². The van der Waals surface area contributed by atoms with Crippen molar-refractivity contribution in [2.24, 2.45) is 0 Å². The van der Waals surface area contributed by atoms with Crippen molar-refractivity contribution in [2.45, 2.75) is 43.2 Å². The molecule has 2 saturated heterocycles. The Hall–Kier alpha value is -2.09. The van der Waals surface area contributed by atoms with E-state index in [0.29, 0.717) is 36.9 Å². The molecule has 2 aliphatic heterocycles. The van der Waals surface area contributed by atoms with Crippen molar-refractivity contribution in [2.75, 3.05) is 39.6 Å². The molecule has 1 unspecified atom stereocenters. The highest BCUT2D eigenvalue weighted by atomic mass is 32.2. The van der Waals surface area contributed by atoms with Crippen molar-refractivity contribution in [1.29, 1.82) is 0 Å². The van der Waals surface area contributed by atoms with Crippen LogP contribution in [0, 0.1) is 0 Å². The average molecular weight is 409 g/mol. The SMILES string of the molecule is CCC1CN(C2CCN(C(=O)CSc3ccc(OC)c(OC)c3)CC2)C(=O)O1. The maximum atomic E-state index is 12.6. The smallest absolute Gasteiger partial charge is 0.410 e. The van der Waals surface area contributed by atoms with E-state index in [4.69, 9.17) is 14.2 Å². The van der Waals surface area contributed by atoms with Crippen LogP contribution in [0.15, 0.2) is 23.1 Å². The maximum Gasteiger partial charge on any atom is 0.410 e. The molecule has 0 spiro atoms. The molecule has 28 heavy (non-hydrogen) atoms. The van der Waals surface area contributed by atoms with Gasteiger partial charge in [-0.15, -0.1) is 11.8 Å². The number of carbonyl (C=O) groups is 2. The van der Waals surface area contributed by atoms with Crippen molar-refractivity contribution in [1.82, 2.24) is 9.80 Å². The summed E-state index contributed by atoms with van der Waals surface area (Å²) in [5.41, 5.74) is 0. The number of nitrogens with zero attached hydrogens (tertiary/aromatic N) is 2. The second-order valence-electron chi connectivity index (χ2n) is 6.98. The van der Waals surface area contributed by atoms with E-state index in [1.807, 2.05) is 34.9 Å². The zero-order valence-corrected chi connectivity index (χ0v) is 17.5. The number of likely N-dealkylation sites (tertiary alicyclic amines) is 1. The number of ether oxygens (including phenoxy) is 3. The van der Waals surface area contributed by atoms with Crippen molar-refractivity contribution in [3.05, 3.63) is 18.2 Å². The Balaban J connectivity index is 1.47. The number of carbonyl (C=O) groups excluding carboxylic acids is 2. The minimum Gasteiger partial charge on any atom is -0.493 e. The number of methoxy groups -OCH3 is 2. The number of thioether (sulfide) groups is 1. The lowest BCUT2D eigenvalue weighted by Gasteiger charge is -2.35. The third-order valence-electron chi connectivity index (χ3n) is 5.33. The molecule has 0 bridgehead atoms. The predicted octanol–water partition coefficient (Wildman–Crippen LogP) is 3.02. The van der Waals surface area contributed by atoms with Crippen LogP contribution in [-0.4, -0.2) is 73.6 Å². The van der Waals surface area contributed by atoms with Crippen LogP contribution in [0.1, 0.15) is 26.2 Å². The van der Waals surface area contributed by atoms with Crippen LogP contribution >= 0.6 is 11.8 Å². The molecule has 7 nitrogen and oxygen atoms in total. The van der Waals surface area contributed by atoms with Gasteiger partial charge in [-0.3, -0.25) is 4.79 Å². The summed E-state index contributed by atoms with van der Waals surface area (Å²) in [6.07, 6.45) is 2.24. The van der Waals surface area contributed by atoms with Gasteiger partial charge in [0.1, 0.15) is 6.10 Å². The van der Waals surface area contributed by atoms with E-state index in [1.165, 1.54) is 11.8 Å². The fourth-order valence-electron chi connectivity index (χ4n) is 3.62. The van der Waals surface area contributed by atoms with E-state index in [0.717, 1.165) is 24.2 Å². The van der Waals surface area contributed by atoms with Crippen LogP contribution in [0.3, 0.4) is 0 Å². The molecule has 8 heteroatoms. The molecule has 1 aromatic rings. The van der Waals surface area contributed by atoms with Gasteiger partial charge < -0.3 is 24.0 Å². The molecule has 2 aliphatic rings. The zero-order chi connectivity index (χ0) is 20.1. The van der Waals surface area contributed by atoms with Crippen LogP contribution < -0.4 is 9.47 Å². The molecule has 2 amide bonds. The third-order valence-corrected chi connectivity index (χ3v) is 6.31. The quantitative estimate of drug-likeness (QED) is 0.646. The topological polar surface area (TPSA) is 68.3 Å². The van der Waals surface area contributed by atoms with Gasteiger partial charge in [0.25, 0.3) is 0 Å². The van der Waals surface area contributed by atoms with E-state index in [1.54, 1.807) is 14.2 Å². The summed E-state index contributed by atoms with van der Waals surface area (Å²) in [6, 6.07) is 5.82. The first-order valence-corrected chi connectivity index (χ1v) is 10.6. The molecule has 0 aromatic heterocycles. The predicted molar refractivity (Wildman–Crippen MR) is 107 cm³/mol. The average Bonchev–Trinajstić information content (AvgIpc) is 3.12. The number of amides is 2. The van der Waals surface area contributed by atoms with E-state index >= 15 is 0 Å². The summed E-state index contributed by atoms with van der Waals surface area (Å²) >= 11 is 1.49. The van der Waals surface area contributed by atoms with Gasteiger partial charge in [0.05, 0.1) is 26.5 Å². The minimum atomic E-state index is -0.208. The Kier molecular flexibility index (Phi) is 6.93. The van der Waals surface area contributed by atoms with Gasteiger partial charge >= 0.3 is 6.09 Å². The van der Waals surface area contributed by atoms with Crippen molar-refractivity contribution in [3.63, 3.8) is 0 Å². The Morgan fingerprint density at radius 1 is 1.21 bits per heavy atom. The lowest BCUT2D eigenvalue weighted by atomic mass is 10.0. The number of piperidine rings is 1. The number of hydrogen-bond acceptors (Lipinski definition) is 6. The fourth-order valence-corrected chi connectivity index (χ4v) is 4.45. The highest BCUT2D eigenvalue weighted by Crippen LogP contribution is 2.32. The summed E-state index contributed by atoms with van der Waals surface area (Å²) in [6.45, 7) is 4.05. The molecule has 1 aromatic carbocycles. The molecule has 0 N–H and O–H groups in total. The standard InChI is InChI=1S/C20H28N2O5S/c1-4-15-12-22(20(24)27-15)14-7-9-21(10-8-14)19(23)13-28-16-5-6-17(25-2)18(11-16)26-3/h5-6,11,14-15H,4,7-10,12-13H2,1-3H3. The molecule has 2 heterocycles. The first-order valence-electron chi connectivity index (χ1n) is 9.65. The summed E-state index contributed by atoms with van der Waals surface area (Å²) in [4.78, 5) is 29.3. The van der Waals surface area contributed by atoms with E-state index in [-0.39, 0.29) is 24.1 Å². The van der Waals surface area contributed by atoms with Gasteiger partial charge in [-0.25, -0.2) is 4.79 Å². The normalized spacial score (nSPS) is 20.2. The van der Waals surface area contributed by atoms with Gasteiger partial charge in [-0.2, -0.15) is 0 Å². The minimum absolute atomic E-state index is 0.00468. The molecular weight excluding hydrogens is 380 g/mol. The second-order valence-corrected chi connectivity index (χ2v) is 8.03. The largest absolute Gasteiger partial charge is 0.493 e. The summed E-state index contributed by atoms with van der Waals surface area (Å²) < 4.78 is 15.9. The van der Waals surface area contributed by atoms with Gasteiger partial charge in [0.2, 0.25) is 5.91 Å². The van der Waals surface area contributed by atoms with E-state index < -0.39 is 0 Å². The first kappa shape index (κ1) is 20.6. The number of cyclic esters (lactones) is 1. The van der Waals surface area contributed by atoms with Crippen LogP contribution in [0.4, 0.5) is 4.79 Å². The summed E-state index contributed by atoms with van der Waals surface area (Å²) in [5, 5.41) is 0. The van der Waals surface area contributed by atoms with Crippen LogP contribution in [0.2, 0.25) is 0 Å². The highest BCUT2D eigenvalue weighted by molar-refractivity contribution is 8.00. The Labute approximate surface area is 170 Å². The molecule has 3 rings (SSSR count). The lowest BCUT2D eigenvalue weighted by Crippen LogP contribution is -2.47. The first-order chi connectivity index (χ1) is 13.5. The Bertz CT molecular complexity index is 706. The Morgan fingerprint density at radius 3 is 2.54 bits per heavy atom. The molecule has 0 radical (unpaired) electrons. The summed E-state index contributed by atoms with van der Waals surface area (Å²) in [7, 11) is 3.20. The number of hydrogen-bond donors (Lipinski definition) is 0. The second kappa shape index (κ2) is 9.41. The molecule has 154 valence electrons. The van der Waals surface area contributed by atoms with Gasteiger partial charge in [-0.05, 0) is 37.5 Å². The number of benzene rings is 1. The van der Waals surface area contributed by atoms with Gasteiger partial charge in [0.15, 0.2) is 11.5 Å². The molecule has 0 aliphatic carbocycles. The molecule has 2 fully saturated rings. The van der Waals surface area contributed by atoms with Gasteiger partial charge in [0, 0.05) is 24.0 Å². The van der Waals surface area contributed by atoms with Crippen molar-refractivity contribution >= 4 is 23.8 Å². The maximum absolute atomic E-state index is 12.6. The van der Waals surface area contributed by atoms with E-state index in [9.17, 15) is 9.59 Å². The van der Waals surface area contributed by atoms with Crippen molar-refractivity contribution < 1.29 is 23.8 Å². The Morgan fingerprint density at radius 2 is 1.93 bits per heavy atom. The van der Waals surface area contributed by atoms with E-state index in [2.05, 4.69) is 0 Å². The fraction of sp³-hybridized carbons (Fsp3) is 0.600. The molecular formula is C20H28N2O5S. The lowest BCUT2D eigenvalue weighted by molar-refractivity contribution is -0.129. The van der Waals surface area contributed by atoms with Crippen molar-refractivity contribution in [3.8, 4) is 11.5 Å². The molecule has 0 saturated carbocycles. The third kappa shape index (κ3) is 4.66. The van der Waals surface area contributed by atoms with Crippen LogP contribution in [0.25, 0.3) is 0 Å². The van der Waals surface area contributed by atoms with Crippen LogP contribution in [0.5, 0.6) is 11.5 Å². The van der Waals surface area contributed by atoms with Crippen LogP contribution in [-0.2, 0) is 9.53 Å². The molecule has 1 atom stereocenters.